The van der Waals surface area contributed by atoms with E-state index in [0.717, 1.165) is 5.56 Å². The van der Waals surface area contributed by atoms with E-state index < -0.39 is 11.9 Å². The van der Waals surface area contributed by atoms with Crippen LogP contribution in [0.2, 0.25) is 0 Å². The molecule has 0 bridgehead atoms. The second-order valence-corrected chi connectivity index (χ2v) is 3.97. The van der Waals surface area contributed by atoms with Crippen LogP contribution in [0.3, 0.4) is 0 Å². The monoisotopic (exact) mass is 219 g/mol. The Morgan fingerprint density at radius 1 is 1.31 bits per heavy atom. The summed E-state index contributed by atoms with van der Waals surface area (Å²) in [5.74, 6) is -1.67. The Balaban J connectivity index is 2.27. The largest absolute Gasteiger partial charge is 0.481 e. The fourth-order valence-electron chi connectivity index (χ4n) is 2.09. The van der Waals surface area contributed by atoms with Crippen LogP contribution in [0.1, 0.15) is 17.9 Å². The highest BCUT2D eigenvalue weighted by molar-refractivity contribution is 5.82. The summed E-state index contributed by atoms with van der Waals surface area (Å²) in [6.45, 7) is 0.216. The van der Waals surface area contributed by atoms with E-state index in [2.05, 4.69) is 5.32 Å². The van der Waals surface area contributed by atoms with Gasteiger partial charge in [-0.1, -0.05) is 30.3 Å². The quantitative estimate of drug-likeness (QED) is 0.779. The van der Waals surface area contributed by atoms with Crippen molar-refractivity contribution in [3.63, 3.8) is 0 Å². The number of benzene rings is 1. The van der Waals surface area contributed by atoms with Crippen LogP contribution in [0.25, 0.3) is 0 Å². The summed E-state index contributed by atoms with van der Waals surface area (Å²) in [6, 6.07) is 9.35. The lowest BCUT2D eigenvalue weighted by Gasteiger charge is -2.28. The molecule has 0 spiro atoms. The molecule has 84 valence electrons. The van der Waals surface area contributed by atoms with Crippen LogP contribution < -0.4 is 5.32 Å². The molecule has 1 aliphatic rings. The van der Waals surface area contributed by atoms with Gasteiger partial charge in [0.1, 0.15) is 0 Å². The predicted octanol–water partition coefficient (Wildman–Crippen LogP) is 0.991. The van der Waals surface area contributed by atoms with Gasteiger partial charge in [0.15, 0.2) is 0 Å². The number of carboxylic acids is 1. The lowest BCUT2D eigenvalue weighted by Crippen LogP contribution is -2.43. The first-order valence-corrected chi connectivity index (χ1v) is 5.23. The summed E-state index contributed by atoms with van der Waals surface area (Å²) in [6.07, 6.45) is 0.251. The van der Waals surface area contributed by atoms with Crippen LogP contribution in [0.4, 0.5) is 0 Å². The van der Waals surface area contributed by atoms with E-state index in [-0.39, 0.29) is 24.8 Å². The molecule has 1 aliphatic heterocycles. The fraction of sp³-hybridized carbons (Fsp3) is 0.333. The Bertz CT molecular complexity index is 402. The third kappa shape index (κ3) is 2.05. The second-order valence-electron chi connectivity index (χ2n) is 3.97. The number of aliphatic carboxylic acids is 1. The van der Waals surface area contributed by atoms with Crippen LogP contribution in [0, 0.1) is 5.92 Å². The van der Waals surface area contributed by atoms with Gasteiger partial charge in [0.25, 0.3) is 0 Å². The van der Waals surface area contributed by atoms with Crippen LogP contribution in [0.15, 0.2) is 30.3 Å². The number of carboxylic acid groups (broad SMARTS) is 1. The minimum absolute atomic E-state index is 0.0775. The lowest BCUT2D eigenvalue weighted by molar-refractivity contribution is -0.144. The van der Waals surface area contributed by atoms with Crippen LogP contribution in [0.5, 0.6) is 0 Å². The van der Waals surface area contributed by atoms with Gasteiger partial charge in [-0.15, -0.1) is 0 Å². The summed E-state index contributed by atoms with van der Waals surface area (Å²) >= 11 is 0. The molecular weight excluding hydrogens is 206 g/mol. The molecule has 16 heavy (non-hydrogen) atoms. The van der Waals surface area contributed by atoms with Gasteiger partial charge in [-0.05, 0) is 5.56 Å². The zero-order valence-electron chi connectivity index (χ0n) is 8.72. The maximum absolute atomic E-state index is 11.3. The number of hydrogen-bond acceptors (Lipinski definition) is 2. The Morgan fingerprint density at radius 3 is 2.62 bits per heavy atom. The van der Waals surface area contributed by atoms with Gasteiger partial charge < -0.3 is 10.4 Å². The lowest BCUT2D eigenvalue weighted by atomic mass is 9.81. The van der Waals surface area contributed by atoms with E-state index in [9.17, 15) is 9.59 Å². The molecule has 0 saturated carbocycles. The Kier molecular flexibility index (Phi) is 2.90. The van der Waals surface area contributed by atoms with E-state index in [0.29, 0.717) is 0 Å². The van der Waals surface area contributed by atoms with Gasteiger partial charge in [0.2, 0.25) is 5.91 Å². The molecule has 0 unspecified atom stereocenters. The highest BCUT2D eigenvalue weighted by atomic mass is 16.4. The topological polar surface area (TPSA) is 66.4 Å². The number of rotatable bonds is 2. The number of carbonyl (C=O) groups excluding carboxylic acids is 1. The van der Waals surface area contributed by atoms with Gasteiger partial charge in [-0.2, -0.15) is 0 Å². The molecule has 1 fully saturated rings. The average Bonchev–Trinajstić information content (AvgIpc) is 2.29. The molecule has 2 atom stereocenters. The average molecular weight is 219 g/mol. The molecule has 2 N–H and O–H groups in total. The minimum atomic E-state index is -0.853. The molecule has 2 rings (SSSR count). The molecule has 4 nitrogen and oxygen atoms in total. The zero-order valence-corrected chi connectivity index (χ0v) is 8.72. The van der Waals surface area contributed by atoms with Crippen molar-refractivity contribution < 1.29 is 14.7 Å². The molecular formula is C12H13NO3. The second kappa shape index (κ2) is 4.35. The number of piperidine rings is 1. The molecule has 1 heterocycles. The van der Waals surface area contributed by atoms with Crippen LogP contribution in [-0.4, -0.2) is 23.5 Å². The number of amides is 1. The molecule has 1 amide bonds. The Labute approximate surface area is 93.3 Å². The molecule has 1 aromatic rings. The van der Waals surface area contributed by atoms with Crippen molar-refractivity contribution in [1.82, 2.24) is 5.32 Å². The van der Waals surface area contributed by atoms with Gasteiger partial charge in [0.05, 0.1) is 5.92 Å². The minimum Gasteiger partial charge on any atom is -0.481 e. The van der Waals surface area contributed by atoms with Gasteiger partial charge in [0, 0.05) is 18.9 Å². The third-order valence-corrected chi connectivity index (χ3v) is 2.96. The molecule has 0 aromatic heterocycles. The zero-order chi connectivity index (χ0) is 11.5. The van der Waals surface area contributed by atoms with Crippen molar-refractivity contribution in [2.75, 3.05) is 6.54 Å². The van der Waals surface area contributed by atoms with Crippen molar-refractivity contribution in [3.05, 3.63) is 35.9 Å². The molecule has 0 aliphatic carbocycles. The van der Waals surface area contributed by atoms with Gasteiger partial charge in [-0.25, -0.2) is 0 Å². The summed E-state index contributed by atoms with van der Waals surface area (Å²) in [5.41, 5.74) is 0.921. The smallest absolute Gasteiger partial charge is 0.308 e. The van der Waals surface area contributed by atoms with Crippen molar-refractivity contribution in [2.45, 2.75) is 12.3 Å². The van der Waals surface area contributed by atoms with E-state index in [4.69, 9.17) is 5.11 Å². The standard InChI is InChI=1S/C12H13NO3/c14-11-6-9(8-4-2-1-3-5-8)10(7-13-11)12(15)16/h1-5,9-10H,6-7H2,(H,13,14)(H,15,16)/t9-,10+/m1/s1. The fourth-order valence-corrected chi connectivity index (χ4v) is 2.09. The molecule has 0 radical (unpaired) electrons. The first-order valence-electron chi connectivity index (χ1n) is 5.23. The molecule has 1 aromatic carbocycles. The summed E-state index contributed by atoms with van der Waals surface area (Å²) in [7, 11) is 0. The summed E-state index contributed by atoms with van der Waals surface area (Å²) in [5, 5.41) is 11.7. The molecule has 1 saturated heterocycles. The maximum Gasteiger partial charge on any atom is 0.308 e. The van der Waals surface area contributed by atoms with E-state index >= 15 is 0 Å². The highest BCUT2D eigenvalue weighted by Crippen LogP contribution is 2.30. The van der Waals surface area contributed by atoms with Gasteiger partial charge in [-0.3, -0.25) is 9.59 Å². The maximum atomic E-state index is 11.3. The predicted molar refractivity (Wildman–Crippen MR) is 57.9 cm³/mol. The summed E-state index contributed by atoms with van der Waals surface area (Å²) in [4.78, 5) is 22.4. The summed E-state index contributed by atoms with van der Waals surface area (Å²) < 4.78 is 0. The number of carbonyl (C=O) groups is 2. The van der Waals surface area contributed by atoms with Crippen molar-refractivity contribution >= 4 is 11.9 Å². The normalized spacial score (nSPS) is 24.9. The van der Waals surface area contributed by atoms with Crippen molar-refractivity contribution in [3.8, 4) is 0 Å². The van der Waals surface area contributed by atoms with E-state index in [1.165, 1.54) is 0 Å². The Morgan fingerprint density at radius 2 is 2.00 bits per heavy atom. The van der Waals surface area contributed by atoms with Gasteiger partial charge >= 0.3 is 5.97 Å². The number of hydrogen-bond donors (Lipinski definition) is 2. The van der Waals surface area contributed by atoms with Crippen LogP contribution in [-0.2, 0) is 9.59 Å². The first kappa shape index (κ1) is 10.7. The third-order valence-electron chi connectivity index (χ3n) is 2.96. The van der Waals surface area contributed by atoms with E-state index in [1.807, 2.05) is 30.3 Å². The Hall–Kier alpha value is -1.84. The SMILES string of the molecule is O=C1C[C@H](c2ccccc2)[C@@H](C(=O)O)CN1. The van der Waals surface area contributed by atoms with Crippen LogP contribution >= 0.6 is 0 Å². The van der Waals surface area contributed by atoms with Crippen molar-refractivity contribution in [1.29, 1.82) is 0 Å². The first-order chi connectivity index (χ1) is 7.68. The van der Waals surface area contributed by atoms with Crippen molar-refractivity contribution in [2.24, 2.45) is 5.92 Å². The number of nitrogens with one attached hydrogen (secondary N) is 1. The highest BCUT2D eigenvalue weighted by Gasteiger charge is 2.34. The van der Waals surface area contributed by atoms with E-state index in [1.54, 1.807) is 0 Å². The molecule has 4 heteroatoms.